The molecule has 0 saturated carbocycles. The summed E-state index contributed by atoms with van der Waals surface area (Å²) in [6.07, 6.45) is -1.27. The fourth-order valence-corrected chi connectivity index (χ4v) is 2.28. The largest absolute Gasteiger partial charge is 0.489 e. The van der Waals surface area contributed by atoms with Crippen molar-refractivity contribution in [2.45, 2.75) is 19.3 Å². The molecule has 0 radical (unpaired) electrons. The van der Waals surface area contributed by atoms with Crippen molar-refractivity contribution < 1.29 is 22.6 Å². The number of guanidine groups is 1. The Kier molecular flexibility index (Phi) is 11.0. The molecule has 0 amide bonds. The summed E-state index contributed by atoms with van der Waals surface area (Å²) in [5, 5.41) is 6.30. The Bertz CT molecular complexity index is 814. The van der Waals surface area contributed by atoms with Gasteiger partial charge in [-0.15, -0.1) is 24.0 Å². The minimum absolute atomic E-state index is 0. The van der Waals surface area contributed by atoms with Gasteiger partial charge in [-0.05, 0) is 11.6 Å². The van der Waals surface area contributed by atoms with Crippen LogP contribution in [0, 0.1) is 0 Å². The van der Waals surface area contributed by atoms with E-state index in [1.54, 1.807) is 19.2 Å². The van der Waals surface area contributed by atoms with Crippen LogP contribution in [0.3, 0.4) is 0 Å². The molecule has 1 heterocycles. The van der Waals surface area contributed by atoms with E-state index in [2.05, 4.69) is 31.9 Å². The van der Waals surface area contributed by atoms with E-state index in [0.29, 0.717) is 25.7 Å². The van der Waals surface area contributed by atoms with Gasteiger partial charge in [0.1, 0.15) is 12.4 Å². The van der Waals surface area contributed by atoms with Gasteiger partial charge in [0.2, 0.25) is 5.88 Å². The molecule has 1 aromatic heterocycles. The number of aromatic nitrogens is 1. The Hall–Kier alpha value is -2.50. The second-order valence-corrected chi connectivity index (χ2v) is 5.90. The number of nitrogens with zero attached hydrogens (tertiary/aromatic N) is 2. The Morgan fingerprint density at radius 3 is 2.50 bits per heavy atom. The average molecular weight is 536 g/mol. The molecule has 0 aliphatic heterocycles. The quantitative estimate of drug-likeness (QED) is 0.219. The third kappa shape index (κ3) is 9.33. The van der Waals surface area contributed by atoms with Crippen LogP contribution >= 0.6 is 24.0 Å². The fourth-order valence-electron chi connectivity index (χ4n) is 2.28. The van der Waals surface area contributed by atoms with Crippen LogP contribution in [0.4, 0.5) is 13.2 Å². The monoisotopic (exact) mass is 536 g/mol. The van der Waals surface area contributed by atoms with Gasteiger partial charge in [0.25, 0.3) is 0 Å². The smallest absolute Gasteiger partial charge is 0.422 e. The van der Waals surface area contributed by atoms with Gasteiger partial charge >= 0.3 is 6.18 Å². The summed E-state index contributed by atoms with van der Waals surface area (Å²) in [7, 11) is 1.64. The SMILES string of the molecule is C=CCOc1ccccc1CNC(=NC)NCc1ccc(OCC(F)(F)F)nc1.I. The van der Waals surface area contributed by atoms with Gasteiger partial charge in [-0.1, -0.05) is 36.9 Å². The molecule has 0 spiro atoms. The summed E-state index contributed by atoms with van der Waals surface area (Å²) in [5.41, 5.74) is 1.73. The van der Waals surface area contributed by atoms with Gasteiger partial charge in [0, 0.05) is 38.0 Å². The van der Waals surface area contributed by atoms with Crippen LogP contribution in [0.5, 0.6) is 11.6 Å². The number of nitrogens with one attached hydrogen (secondary N) is 2. The first kappa shape index (κ1) is 25.5. The number of hydrogen-bond acceptors (Lipinski definition) is 4. The normalized spacial score (nSPS) is 11.3. The third-order valence-corrected chi connectivity index (χ3v) is 3.64. The van der Waals surface area contributed by atoms with Crippen molar-refractivity contribution in [1.29, 1.82) is 0 Å². The summed E-state index contributed by atoms with van der Waals surface area (Å²) in [6, 6.07) is 10.7. The molecule has 0 bridgehead atoms. The zero-order chi connectivity index (χ0) is 21.1. The molecule has 0 fully saturated rings. The molecule has 10 heteroatoms. The van der Waals surface area contributed by atoms with E-state index in [0.717, 1.165) is 16.9 Å². The standard InChI is InChI=1S/C20H23F3N4O2.HI/c1-3-10-28-17-7-5-4-6-16(17)13-27-19(24-2)26-12-15-8-9-18(25-11-15)29-14-20(21,22)23;/h3-9,11H,1,10,12-14H2,2H3,(H2,24,26,27);1H. The maximum Gasteiger partial charge on any atom is 0.422 e. The minimum atomic E-state index is -4.39. The van der Waals surface area contributed by atoms with Gasteiger partial charge in [-0.2, -0.15) is 13.2 Å². The number of benzene rings is 1. The number of halogens is 4. The van der Waals surface area contributed by atoms with Crippen LogP contribution < -0.4 is 20.1 Å². The first-order chi connectivity index (χ1) is 13.9. The number of alkyl halides is 3. The first-order valence-electron chi connectivity index (χ1n) is 8.82. The van der Waals surface area contributed by atoms with E-state index in [1.807, 2.05) is 24.3 Å². The number of ether oxygens (including phenoxy) is 2. The van der Waals surface area contributed by atoms with Gasteiger partial charge in [-0.25, -0.2) is 4.98 Å². The number of para-hydroxylation sites is 1. The number of rotatable bonds is 9. The molecule has 2 aromatic rings. The highest BCUT2D eigenvalue weighted by atomic mass is 127. The summed E-state index contributed by atoms with van der Waals surface area (Å²) < 4.78 is 46.7. The van der Waals surface area contributed by atoms with E-state index < -0.39 is 12.8 Å². The molecule has 164 valence electrons. The molecular weight excluding hydrogens is 512 g/mol. The lowest BCUT2D eigenvalue weighted by atomic mass is 10.2. The number of aliphatic imine (C=N–C) groups is 1. The molecule has 0 aliphatic rings. The Balaban J connectivity index is 0.00000450. The molecule has 2 N–H and O–H groups in total. The summed E-state index contributed by atoms with van der Waals surface area (Å²) in [5.74, 6) is 1.24. The molecule has 0 unspecified atom stereocenters. The van der Waals surface area contributed by atoms with Crippen molar-refractivity contribution in [3.63, 3.8) is 0 Å². The molecular formula is C20H24F3IN4O2. The van der Waals surface area contributed by atoms with Gasteiger partial charge in [0.15, 0.2) is 12.6 Å². The predicted molar refractivity (Wildman–Crippen MR) is 120 cm³/mol. The lowest BCUT2D eigenvalue weighted by Gasteiger charge is -2.14. The highest BCUT2D eigenvalue weighted by Gasteiger charge is 2.28. The molecule has 2 rings (SSSR count). The van der Waals surface area contributed by atoms with Crippen LogP contribution in [-0.2, 0) is 13.1 Å². The van der Waals surface area contributed by atoms with E-state index in [1.165, 1.54) is 12.3 Å². The van der Waals surface area contributed by atoms with Crippen molar-refractivity contribution >= 4 is 29.9 Å². The van der Waals surface area contributed by atoms with E-state index >= 15 is 0 Å². The Morgan fingerprint density at radius 1 is 1.13 bits per heavy atom. The zero-order valence-electron chi connectivity index (χ0n) is 16.4. The summed E-state index contributed by atoms with van der Waals surface area (Å²) in [6.45, 7) is 3.57. The minimum Gasteiger partial charge on any atom is -0.489 e. The Morgan fingerprint density at radius 2 is 1.87 bits per heavy atom. The molecule has 0 atom stereocenters. The van der Waals surface area contributed by atoms with Crippen molar-refractivity contribution in [1.82, 2.24) is 15.6 Å². The van der Waals surface area contributed by atoms with Crippen molar-refractivity contribution in [2.75, 3.05) is 20.3 Å². The predicted octanol–water partition coefficient (Wildman–Crippen LogP) is 4.07. The highest BCUT2D eigenvalue weighted by molar-refractivity contribution is 14.0. The highest BCUT2D eigenvalue weighted by Crippen LogP contribution is 2.18. The van der Waals surface area contributed by atoms with E-state index in [-0.39, 0.29) is 29.9 Å². The first-order valence-corrected chi connectivity index (χ1v) is 8.82. The number of hydrogen-bond donors (Lipinski definition) is 2. The van der Waals surface area contributed by atoms with Crippen molar-refractivity contribution in [3.8, 4) is 11.6 Å². The molecule has 30 heavy (non-hydrogen) atoms. The molecule has 1 aromatic carbocycles. The average Bonchev–Trinajstić information content (AvgIpc) is 2.71. The molecule has 0 aliphatic carbocycles. The number of pyridine rings is 1. The van der Waals surface area contributed by atoms with Crippen LogP contribution in [0.25, 0.3) is 0 Å². The maximum atomic E-state index is 12.2. The van der Waals surface area contributed by atoms with Gasteiger partial charge in [0.05, 0.1) is 0 Å². The third-order valence-electron chi connectivity index (χ3n) is 3.64. The zero-order valence-corrected chi connectivity index (χ0v) is 18.7. The lowest BCUT2D eigenvalue weighted by Crippen LogP contribution is -2.36. The summed E-state index contributed by atoms with van der Waals surface area (Å²) >= 11 is 0. The van der Waals surface area contributed by atoms with Crippen LogP contribution in [-0.4, -0.2) is 37.4 Å². The van der Waals surface area contributed by atoms with Crippen molar-refractivity contribution in [3.05, 3.63) is 66.4 Å². The van der Waals surface area contributed by atoms with E-state index in [9.17, 15) is 13.2 Å². The van der Waals surface area contributed by atoms with E-state index in [4.69, 9.17) is 4.74 Å². The fraction of sp³-hybridized carbons (Fsp3) is 0.300. The Labute approximate surface area is 190 Å². The van der Waals surface area contributed by atoms with Crippen LogP contribution in [0.2, 0.25) is 0 Å². The second-order valence-electron chi connectivity index (χ2n) is 5.90. The van der Waals surface area contributed by atoms with Crippen molar-refractivity contribution in [2.24, 2.45) is 4.99 Å². The molecule has 6 nitrogen and oxygen atoms in total. The maximum absolute atomic E-state index is 12.2. The van der Waals surface area contributed by atoms with Gasteiger partial charge < -0.3 is 20.1 Å². The van der Waals surface area contributed by atoms with Gasteiger partial charge in [-0.3, -0.25) is 4.99 Å². The van der Waals surface area contributed by atoms with Crippen LogP contribution in [0.1, 0.15) is 11.1 Å². The molecule has 0 saturated heterocycles. The lowest BCUT2D eigenvalue weighted by molar-refractivity contribution is -0.154. The summed E-state index contributed by atoms with van der Waals surface area (Å²) in [4.78, 5) is 8.02. The van der Waals surface area contributed by atoms with Crippen LogP contribution in [0.15, 0.2) is 60.2 Å². The topological polar surface area (TPSA) is 67.8 Å². The second kappa shape index (κ2) is 12.9.